The van der Waals surface area contributed by atoms with Crippen LogP contribution in [0, 0.1) is 0 Å². The van der Waals surface area contributed by atoms with Crippen molar-refractivity contribution in [2.24, 2.45) is 5.11 Å². The van der Waals surface area contributed by atoms with Crippen molar-refractivity contribution in [1.29, 1.82) is 0 Å². The van der Waals surface area contributed by atoms with E-state index in [1.165, 1.54) is 18.2 Å². The van der Waals surface area contributed by atoms with Gasteiger partial charge >= 0.3 is 0 Å². The van der Waals surface area contributed by atoms with Crippen LogP contribution in [0.3, 0.4) is 0 Å². The Morgan fingerprint density at radius 3 is 2.64 bits per heavy atom. The average Bonchev–Trinajstić information content (AvgIpc) is 2.43. The third kappa shape index (κ3) is 1.10. The molecule has 2 rings (SSSR count). The van der Waals surface area contributed by atoms with Crippen molar-refractivity contribution in [2.75, 3.05) is 0 Å². The summed E-state index contributed by atoms with van der Waals surface area (Å²) in [7, 11) is 0. The predicted octanol–water partition coefficient (Wildman–Crippen LogP) is 1.51. The zero-order valence-electron chi connectivity index (χ0n) is 6.89. The zero-order valence-corrected chi connectivity index (χ0v) is 6.89. The normalized spacial score (nSPS) is 13.1. The third-order valence-corrected chi connectivity index (χ3v) is 1.88. The maximum atomic E-state index is 11.2. The molecule has 0 unspecified atom stereocenters. The van der Waals surface area contributed by atoms with E-state index in [-0.39, 0.29) is 5.56 Å². The second-order valence-corrected chi connectivity index (χ2v) is 2.70. The van der Waals surface area contributed by atoms with Crippen molar-refractivity contribution < 1.29 is 9.59 Å². The van der Waals surface area contributed by atoms with Gasteiger partial charge in [-0.1, -0.05) is 11.2 Å². The van der Waals surface area contributed by atoms with Gasteiger partial charge in [-0.15, -0.1) is 0 Å². The Bertz CT molecular complexity index is 488. The topological polar surface area (TPSA) is 94.9 Å². The average molecular weight is 188 g/mol. The predicted molar refractivity (Wildman–Crippen MR) is 47.0 cm³/mol. The molecule has 0 bridgehead atoms. The van der Waals surface area contributed by atoms with Gasteiger partial charge in [0.25, 0.3) is 11.8 Å². The van der Waals surface area contributed by atoms with Crippen LogP contribution in [0.4, 0.5) is 5.69 Å². The van der Waals surface area contributed by atoms with Gasteiger partial charge in [-0.2, -0.15) is 0 Å². The number of nitrogens with one attached hydrogen (secondary N) is 1. The molecule has 1 N–H and O–H groups in total. The number of hydrogen-bond acceptors (Lipinski definition) is 3. The summed E-state index contributed by atoms with van der Waals surface area (Å²) in [5.41, 5.74) is 9.05. The van der Waals surface area contributed by atoms with Crippen LogP contribution >= 0.6 is 0 Å². The Kier molecular flexibility index (Phi) is 1.69. The highest BCUT2D eigenvalue weighted by Crippen LogP contribution is 2.21. The summed E-state index contributed by atoms with van der Waals surface area (Å²) in [6, 6.07) is 4.32. The Morgan fingerprint density at radius 2 is 1.93 bits per heavy atom. The second-order valence-electron chi connectivity index (χ2n) is 2.70. The largest absolute Gasteiger partial charge is 0.288 e. The third-order valence-electron chi connectivity index (χ3n) is 1.88. The molecule has 68 valence electrons. The minimum Gasteiger partial charge on any atom is -0.288 e. The van der Waals surface area contributed by atoms with Crippen molar-refractivity contribution in [3.8, 4) is 0 Å². The molecule has 0 fully saturated rings. The molecule has 0 radical (unpaired) electrons. The highest BCUT2D eigenvalue weighted by molar-refractivity contribution is 6.21. The van der Waals surface area contributed by atoms with E-state index in [9.17, 15) is 9.59 Å². The first kappa shape index (κ1) is 8.28. The zero-order chi connectivity index (χ0) is 10.1. The van der Waals surface area contributed by atoms with Crippen LogP contribution in [0.5, 0.6) is 0 Å². The molecule has 6 heteroatoms. The van der Waals surface area contributed by atoms with Gasteiger partial charge in [-0.3, -0.25) is 14.9 Å². The molecule has 0 saturated heterocycles. The fourth-order valence-electron chi connectivity index (χ4n) is 1.27. The molecule has 1 aromatic rings. The fraction of sp³-hybridized carbons (Fsp3) is 0. The number of nitrogens with zero attached hydrogens (tertiary/aromatic N) is 3. The molecule has 0 spiro atoms. The van der Waals surface area contributed by atoms with Crippen LogP contribution in [0.2, 0.25) is 0 Å². The molecule has 0 saturated carbocycles. The molecular weight excluding hydrogens is 184 g/mol. The standard InChI is InChI=1S/C8H4N4O2/c9-12-11-4-1-2-5-6(3-4)8(14)10-7(5)13/h1-3H,(H,10,13,14). The quantitative estimate of drug-likeness (QED) is 0.313. The number of rotatable bonds is 1. The molecule has 6 nitrogen and oxygen atoms in total. The van der Waals surface area contributed by atoms with Crippen molar-refractivity contribution in [2.45, 2.75) is 0 Å². The number of benzene rings is 1. The van der Waals surface area contributed by atoms with Crippen LogP contribution in [-0.2, 0) is 0 Å². The van der Waals surface area contributed by atoms with Crippen LogP contribution in [-0.4, -0.2) is 11.8 Å². The van der Waals surface area contributed by atoms with Crippen LogP contribution in [0.25, 0.3) is 10.4 Å². The summed E-state index contributed by atoms with van der Waals surface area (Å²) in [5, 5.41) is 5.47. The maximum Gasteiger partial charge on any atom is 0.258 e. The summed E-state index contributed by atoms with van der Waals surface area (Å²) < 4.78 is 0. The van der Waals surface area contributed by atoms with Crippen molar-refractivity contribution in [3.63, 3.8) is 0 Å². The van der Waals surface area contributed by atoms with E-state index in [2.05, 4.69) is 15.3 Å². The summed E-state index contributed by atoms with van der Waals surface area (Å²) in [6.45, 7) is 0. The Labute approximate surface area is 78.2 Å². The van der Waals surface area contributed by atoms with Gasteiger partial charge in [0.05, 0.1) is 11.1 Å². The lowest BCUT2D eigenvalue weighted by molar-refractivity contribution is 0.0879. The summed E-state index contributed by atoms with van der Waals surface area (Å²) in [4.78, 5) is 24.9. The number of hydrogen-bond donors (Lipinski definition) is 1. The highest BCUT2D eigenvalue weighted by Gasteiger charge is 2.26. The lowest BCUT2D eigenvalue weighted by Crippen LogP contribution is -2.19. The van der Waals surface area contributed by atoms with Gasteiger partial charge in [-0.05, 0) is 17.7 Å². The number of azide groups is 1. The maximum absolute atomic E-state index is 11.2. The minimum atomic E-state index is -0.458. The Balaban J connectivity index is 2.60. The number of imide groups is 1. The molecule has 2 amide bonds. The molecule has 1 aliphatic rings. The summed E-state index contributed by atoms with van der Waals surface area (Å²) in [5.74, 6) is -0.877. The Morgan fingerprint density at radius 1 is 1.21 bits per heavy atom. The molecule has 1 aliphatic heterocycles. The lowest BCUT2D eigenvalue weighted by Gasteiger charge is -1.94. The van der Waals surface area contributed by atoms with E-state index in [4.69, 9.17) is 5.53 Å². The van der Waals surface area contributed by atoms with E-state index >= 15 is 0 Å². The first-order valence-corrected chi connectivity index (χ1v) is 3.77. The lowest BCUT2D eigenvalue weighted by atomic mass is 10.1. The van der Waals surface area contributed by atoms with Crippen molar-refractivity contribution >= 4 is 17.5 Å². The van der Waals surface area contributed by atoms with Gasteiger partial charge in [0.15, 0.2) is 0 Å². The first-order valence-electron chi connectivity index (χ1n) is 3.77. The van der Waals surface area contributed by atoms with Gasteiger partial charge in [-0.25, -0.2) is 0 Å². The van der Waals surface area contributed by atoms with Crippen LogP contribution in [0.1, 0.15) is 20.7 Å². The number of fused-ring (bicyclic) bond motifs is 1. The molecule has 1 heterocycles. The van der Waals surface area contributed by atoms with E-state index in [0.717, 1.165) is 0 Å². The molecular formula is C8H4N4O2. The SMILES string of the molecule is [N-]=[N+]=Nc1ccc2c(c1)C(=O)NC2=O. The Hall–Kier alpha value is -2.33. The van der Waals surface area contributed by atoms with Crippen molar-refractivity contribution in [1.82, 2.24) is 5.32 Å². The van der Waals surface area contributed by atoms with Crippen molar-refractivity contribution in [3.05, 3.63) is 39.8 Å². The smallest absolute Gasteiger partial charge is 0.258 e. The highest BCUT2D eigenvalue weighted by atomic mass is 16.2. The molecule has 1 aromatic carbocycles. The number of carbonyl (C=O) groups excluding carboxylic acids is 2. The van der Waals surface area contributed by atoms with E-state index in [0.29, 0.717) is 11.3 Å². The molecule has 14 heavy (non-hydrogen) atoms. The van der Waals surface area contributed by atoms with E-state index in [1.807, 2.05) is 0 Å². The van der Waals surface area contributed by atoms with Gasteiger partial charge in [0, 0.05) is 10.6 Å². The number of carbonyl (C=O) groups is 2. The second kappa shape index (κ2) is 2.86. The van der Waals surface area contributed by atoms with Gasteiger partial charge in [0.1, 0.15) is 0 Å². The monoisotopic (exact) mass is 188 g/mol. The minimum absolute atomic E-state index is 0.250. The summed E-state index contributed by atoms with van der Waals surface area (Å²) in [6.07, 6.45) is 0. The van der Waals surface area contributed by atoms with Crippen LogP contribution in [0.15, 0.2) is 23.3 Å². The van der Waals surface area contributed by atoms with E-state index < -0.39 is 11.8 Å². The van der Waals surface area contributed by atoms with Gasteiger partial charge < -0.3 is 0 Å². The fourth-order valence-corrected chi connectivity index (χ4v) is 1.27. The van der Waals surface area contributed by atoms with Gasteiger partial charge in [0.2, 0.25) is 0 Å². The molecule has 0 aliphatic carbocycles. The van der Waals surface area contributed by atoms with Crippen LogP contribution < -0.4 is 5.32 Å². The summed E-state index contributed by atoms with van der Waals surface area (Å²) >= 11 is 0. The number of amides is 2. The van der Waals surface area contributed by atoms with E-state index in [1.54, 1.807) is 0 Å². The molecule has 0 aromatic heterocycles. The molecule has 0 atom stereocenters. The first-order chi connectivity index (χ1) is 6.72.